The van der Waals surface area contributed by atoms with Crippen LogP contribution in [-0.2, 0) is 11.2 Å². The van der Waals surface area contributed by atoms with Crippen molar-refractivity contribution in [2.45, 2.75) is 47.0 Å². The van der Waals surface area contributed by atoms with Gasteiger partial charge in [0, 0.05) is 22.8 Å². The van der Waals surface area contributed by atoms with Gasteiger partial charge in [-0.15, -0.1) is 0 Å². The third-order valence-electron chi connectivity index (χ3n) is 3.83. The van der Waals surface area contributed by atoms with E-state index in [-0.39, 0.29) is 11.4 Å². The molecule has 0 fully saturated rings. The van der Waals surface area contributed by atoms with E-state index in [0.717, 1.165) is 35.7 Å². The van der Waals surface area contributed by atoms with Crippen molar-refractivity contribution in [2.24, 2.45) is 5.41 Å². The summed E-state index contributed by atoms with van der Waals surface area (Å²) in [6, 6.07) is 3.82. The minimum atomic E-state index is -0.325. The quantitative estimate of drug-likeness (QED) is 0.639. The predicted molar refractivity (Wildman–Crippen MR) is 91.1 cm³/mol. The number of rotatable bonds is 5. The largest absolute Gasteiger partial charge is 0.462 e. The summed E-state index contributed by atoms with van der Waals surface area (Å²) in [5, 5.41) is 1.06. The number of aromatic amines is 1. The van der Waals surface area contributed by atoms with E-state index >= 15 is 0 Å². The van der Waals surface area contributed by atoms with Crippen LogP contribution < -0.4 is 5.73 Å². The lowest BCUT2D eigenvalue weighted by molar-refractivity contribution is 0.0526. The Labute approximate surface area is 132 Å². The van der Waals surface area contributed by atoms with Crippen molar-refractivity contribution in [2.75, 3.05) is 12.3 Å². The van der Waals surface area contributed by atoms with Crippen LogP contribution in [0.1, 0.15) is 56.5 Å². The van der Waals surface area contributed by atoms with Crippen LogP contribution in [0.25, 0.3) is 10.9 Å². The average molecular weight is 302 g/mol. The van der Waals surface area contributed by atoms with Gasteiger partial charge in [0.15, 0.2) is 0 Å². The number of aromatic nitrogens is 1. The highest BCUT2D eigenvalue weighted by Crippen LogP contribution is 2.31. The normalized spacial score (nSPS) is 11.8. The first-order valence-corrected chi connectivity index (χ1v) is 7.89. The number of carbonyl (C=O) groups is 1. The number of nitrogen functional groups attached to an aromatic ring is 1. The zero-order valence-electron chi connectivity index (χ0n) is 14.0. The van der Waals surface area contributed by atoms with E-state index in [4.69, 9.17) is 10.5 Å². The van der Waals surface area contributed by atoms with Gasteiger partial charge in [0.1, 0.15) is 0 Å². The number of carbonyl (C=O) groups excluding carboxylic acids is 1. The summed E-state index contributed by atoms with van der Waals surface area (Å²) >= 11 is 0. The number of nitrogens with two attached hydrogens (primary N) is 1. The Morgan fingerprint density at radius 2 is 2.09 bits per heavy atom. The number of ether oxygens (including phenoxy) is 1. The smallest absolute Gasteiger partial charge is 0.340 e. The summed E-state index contributed by atoms with van der Waals surface area (Å²) in [4.78, 5) is 15.5. The van der Waals surface area contributed by atoms with Crippen LogP contribution in [0.3, 0.4) is 0 Å². The number of anilines is 1. The van der Waals surface area contributed by atoms with E-state index < -0.39 is 0 Å². The topological polar surface area (TPSA) is 68.1 Å². The fraction of sp³-hybridized carbons (Fsp3) is 0.500. The number of hydrogen-bond acceptors (Lipinski definition) is 3. The Morgan fingerprint density at radius 1 is 1.36 bits per heavy atom. The molecule has 120 valence electrons. The monoisotopic (exact) mass is 302 g/mol. The first-order chi connectivity index (χ1) is 10.3. The molecule has 0 spiro atoms. The van der Waals surface area contributed by atoms with Gasteiger partial charge in [-0.05, 0) is 49.3 Å². The van der Waals surface area contributed by atoms with Gasteiger partial charge in [0.2, 0.25) is 0 Å². The first-order valence-electron chi connectivity index (χ1n) is 7.89. The van der Waals surface area contributed by atoms with E-state index in [2.05, 4.69) is 25.8 Å². The molecule has 0 aliphatic carbocycles. The number of H-pyrrole nitrogens is 1. The van der Waals surface area contributed by atoms with E-state index in [9.17, 15) is 4.79 Å². The van der Waals surface area contributed by atoms with Gasteiger partial charge in [-0.3, -0.25) is 0 Å². The van der Waals surface area contributed by atoms with Crippen molar-refractivity contribution in [3.05, 3.63) is 29.5 Å². The number of benzene rings is 1. The van der Waals surface area contributed by atoms with Crippen LogP contribution in [0.2, 0.25) is 0 Å². The number of esters is 1. The molecular formula is C18H26N2O2. The molecule has 1 heterocycles. The summed E-state index contributed by atoms with van der Waals surface area (Å²) in [6.45, 7) is 8.84. The maximum Gasteiger partial charge on any atom is 0.340 e. The van der Waals surface area contributed by atoms with Crippen molar-refractivity contribution < 1.29 is 9.53 Å². The highest BCUT2D eigenvalue weighted by Gasteiger charge is 2.20. The Bertz CT molecular complexity index is 666. The van der Waals surface area contributed by atoms with Crippen LogP contribution >= 0.6 is 0 Å². The maximum atomic E-state index is 12.3. The van der Waals surface area contributed by atoms with Gasteiger partial charge in [0.25, 0.3) is 0 Å². The molecule has 0 amide bonds. The second-order valence-corrected chi connectivity index (χ2v) is 6.89. The molecule has 1 aromatic carbocycles. The predicted octanol–water partition coefficient (Wildman–Crippen LogP) is 4.30. The summed E-state index contributed by atoms with van der Waals surface area (Å²) < 4.78 is 5.19. The summed E-state index contributed by atoms with van der Waals surface area (Å²) in [5.74, 6) is -0.325. The van der Waals surface area contributed by atoms with Crippen LogP contribution in [0.15, 0.2) is 18.3 Å². The van der Waals surface area contributed by atoms with E-state index in [1.54, 1.807) is 0 Å². The number of nitrogens with one attached hydrogen (secondary N) is 1. The Morgan fingerprint density at radius 3 is 2.73 bits per heavy atom. The van der Waals surface area contributed by atoms with Crippen LogP contribution in [0.5, 0.6) is 0 Å². The minimum absolute atomic E-state index is 0.279. The van der Waals surface area contributed by atoms with Gasteiger partial charge in [0.05, 0.1) is 12.2 Å². The van der Waals surface area contributed by atoms with Crippen molar-refractivity contribution in [3.8, 4) is 0 Å². The van der Waals surface area contributed by atoms with Crippen molar-refractivity contribution >= 4 is 22.6 Å². The van der Waals surface area contributed by atoms with Gasteiger partial charge >= 0.3 is 5.97 Å². The molecule has 0 aliphatic heterocycles. The van der Waals surface area contributed by atoms with Gasteiger partial charge < -0.3 is 15.5 Å². The Hall–Kier alpha value is -1.97. The van der Waals surface area contributed by atoms with Crippen molar-refractivity contribution in [3.63, 3.8) is 0 Å². The molecule has 0 radical (unpaired) electrons. The van der Waals surface area contributed by atoms with Gasteiger partial charge in [-0.1, -0.05) is 20.8 Å². The lowest BCUT2D eigenvalue weighted by Gasteiger charge is -2.19. The molecule has 4 nitrogen and oxygen atoms in total. The third-order valence-corrected chi connectivity index (χ3v) is 3.83. The lowest BCUT2D eigenvalue weighted by Crippen LogP contribution is -2.13. The SMILES string of the molecule is CCOC(=O)c1c(N)cc2[nH]ccc2c1CCCC(C)(C)C. The number of hydrogen-bond donors (Lipinski definition) is 2. The molecule has 0 atom stereocenters. The summed E-state index contributed by atoms with van der Waals surface area (Å²) in [6.07, 6.45) is 4.81. The lowest BCUT2D eigenvalue weighted by atomic mass is 9.87. The van der Waals surface area contributed by atoms with Crippen molar-refractivity contribution in [1.29, 1.82) is 0 Å². The molecule has 0 bridgehead atoms. The van der Waals surface area contributed by atoms with Crippen LogP contribution in [-0.4, -0.2) is 17.6 Å². The summed E-state index contributed by atoms with van der Waals surface area (Å²) in [7, 11) is 0. The molecule has 0 saturated carbocycles. The summed E-state index contributed by atoms with van der Waals surface area (Å²) in [5.41, 5.74) is 9.38. The zero-order chi connectivity index (χ0) is 16.3. The molecule has 0 unspecified atom stereocenters. The molecule has 0 saturated heterocycles. The minimum Gasteiger partial charge on any atom is -0.462 e. The Balaban J connectivity index is 2.40. The first kappa shape index (κ1) is 16.4. The van der Waals surface area contributed by atoms with E-state index in [0.29, 0.717) is 17.9 Å². The molecule has 2 aromatic rings. The fourth-order valence-electron chi connectivity index (χ4n) is 2.80. The molecule has 4 heteroatoms. The molecule has 2 rings (SSSR count). The van der Waals surface area contributed by atoms with Crippen LogP contribution in [0.4, 0.5) is 5.69 Å². The van der Waals surface area contributed by atoms with Crippen molar-refractivity contribution in [1.82, 2.24) is 4.98 Å². The van der Waals surface area contributed by atoms with E-state index in [1.807, 2.05) is 25.3 Å². The second-order valence-electron chi connectivity index (χ2n) is 6.89. The molecule has 1 aromatic heterocycles. The number of fused-ring (bicyclic) bond motifs is 1. The average Bonchev–Trinajstić information content (AvgIpc) is 2.85. The second kappa shape index (κ2) is 6.42. The number of aryl methyl sites for hydroxylation is 1. The molecule has 3 N–H and O–H groups in total. The zero-order valence-corrected chi connectivity index (χ0v) is 14.0. The molecule has 22 heavy (non-hydrogen) atoms. The third kappa shape index (κ3) is 3.62. The van der Waals surface area contributed by atoms with Gasteiger partial charge in [-0.25, -0.2) is 4.79 Å². The molecule has 0 aliphatic rings. The van der Waals surface area contributed by atoms with Crippen LogP contribution in [0, 0.1) is 5.41 Å². The van der Waals surface area contributed by atoms with E-state index in [1.165, 1.54) is 0 Å². The standard InChI is InChI=1S/C18H26N2O2/c1-5-22-17(21)16-13(7-6-9-18(2,3)4)12-8-10-20-15(12)11-14(16)19/h8,10-11,20H,5-7,9,19H2,1-4H3. The highest BCUT2D eigenvalue weighted by molar-refractivity contribution is 6.03. The molecular weight excluding hydrogens is 276 g/mol. The highest BCUT2D eigenvalue weighted by atomic mass is 16.5. The Kier molecular flexibility index (Phi) is 4.79. The van der Waals surface area contributed by atoms with Gasteiger partial charge in [-0.2, -0.15) is 0 Å². The maximum absolute atomic E-state index is 12.3. The fourth-order valence-corrected chi connectivity index (χ4v) is 2.80.